The fourth-order valence-corrected chi connectivity index (χ4v) is 3.68. The van der Waals surface area contributed by atoms with Crippen LogP contribution in [0, 0.1) is 0 Å². The molecular weight excluding hydrogens is 456 g/mol. The molecule has 0 unspecified atom stereocenters. The molecule has 0 aromatic heterocycles. The van der Waals surface area contributed by atoms with E-state index < -0.39 is 18.5 Å². The van der Waals surface area contributed by atoms with Crippen molar-refractivity contribution in [3.63, 3.8) is 0 Å². The Hall–Kier alpha value is -3.84. The SMILES string of the molecule is O=C(COC(=O)c1ccc(CN2CCCC2=O)cc1)Nc1ccc(Oc2ccccc2Cl)cc1. The minimum absolute atomic E-state index is 0.150. The molecule has 4 rings (SSSR count). The first kappa shape index (κ1) is 23.3. The van der Waals surface area contributed by atoms with Gasteiger partial charge in [0.05, 0.1) is 10.6 Å². The first-order chi connectivity index (χ1) is 16.5. The molecule has 0 bridgehead atoms. The van der Waals surface area contributed by atoms with Gasteiger partial charge in [-0.25, -0.2) is 4.79 Å². The number of esters is 1. The zero-order valence-electron chi connectivity index (χ0n) is 18.3. The average molecular weight is 479 g/mol. The van der Waals surface area contributed by atoms with Gasteiger partial charge in [-0.2, -0.15) is 0 Å². The number of nitrogens with one attached hydrogen (secondary N) is 1. The quantitative estimate of drug-likeness (QED) is 0.458. The van der Waals surface area contributed by atoms with Crippen molar-refractivity contribution < 1.29 is 23.9 Å². The lowest BCUT2D eigenvalue weighted by Crippen LogP contribution is -2.23. The van der Waals surface area contributed by atoms with Crippen LogP contribution in [0.2, 0.25) is 5.02 Å². The monoisotopic (exact) mass is 478 g/mol. The van der Waals surface area contributed by atoms with Crippen molar-refractivity contribution in [2.75, 3.05) is 18.5 Å². The number of hydrogen-bond acceptors (Lipinski definition) is 5. The Morgan fingerprint density at radius 2 is 1.71 bits per heavy atom. The number of anilines is 1. The van der Waals surface area contributed by atoms with E-state index in [4.69, 9.17) is 21.1 Å². The third-order valence-corrected chi connectivity index (χ3v) is 5.58. The number of rotatable bonds is 8. The lowest BCUT2D eigenvalue weighted by atomic mass is 10.1. The van der Waals surface area contributed by atoms with Gasteiger partial charge in [-0.1, -0.05) is 35.9 Å². The van der Waals surface area contributed by atoms with E-state index in [0.717, 1.165) is 18.5 Å². The van der Waals surface area contributed by atoms with Crippen LogP contribution in [0.5, 0.6) is 11.5 Å². The summed E-state index contributed by atoms with van der Waals surface area (Å²) in [6.07, 6.45) is 1.47. The number of benzene rings is 3. The summed E-state index contributed by atoms with van der Waals surface area (Å²) in [6.45, 7) is 0.869. The third kappa shape index (κ3) is 6.14. The molecule has 0 saturated carbocycles. The summed E-state index contributed by atoms with van der Waals surface area (Å²) in [5.41, 5.74) is 1.81. The lowest BCUT2D eigenvalue weighted by molar-refractivity contribution is -0.128. The molecule has 1 saturated heterocycles. The van der Waals surface area contributed by atoms with Crippen molar-refractivity contribution >= 4 is 35.1 Å². The summed E-state index contributed by atoms with van der Waals surface area (Å²) in [5.74, 6) is 0.192. The molecular formula is C26H23ClN2O5. The van der Waals surface area contributed by atoms with Crippen LogP contribution in [0.15, 0.2) is 72.8 Å². The van der Waals surface area contributed by atoms with Crippen LogP contribution in [-0.2, 0) is 20.9 Å². The molecule has 0 spiro atoms. The summed E-state index contributed by atoms with van der Waals surface area (Å²) >= 11 is 6.09. The molecule has 0 radical (unpaired) electrons. The smallest absolute Gasteiger partial charge is 0.338 e. The summed E-state index contributed by atoms with van der Waals surface area (Å²) in [4.78, 5) is 38.0. The third-order valence-electron chi connectivity index (χ3n) is 5.27. The highest BCUT2D eigenvalue weighted by molar-refractivity contribution is 6.32. The van der Waals surface area contributed by atoms with Crippen LogP contribution < -0.4 is 10.1 Å². The molecule has 1 aliphatic heterocycles. The molecule has 7 nitrogen and oxygen atoms in total. The molecule has 174 valence electrons. The second-order valence-corrected chi connectivity index (χ2v) is 8.20. The van der Waals surface area contributed by atoms with E-state index in [-0.39, 0.29) is 5.91 Å². The largest absolute Gasteiger partial charge is 0.456 e. The minimum atomic E-state index is -0.595. The molecule has 34 heavy (non-hydrogen) atoms. The molecule has 0 aliphatic carbocycles. The zero-order valence-corrected chi connectivity index (χ0v) is 19.1. The Morgan fingerprint density at radius 3 is 2.38 bits per heavy atom. The summed E-state index contributed by atoms with van der Waals surface area (Å²) in [5, 5.41) is 3.17. The maximum atomic E-state index is 12.3. The number of halogens is 1. The van der Waals surface area contributed by atoms with Crippen LogP contribution in [0.4, 0.5) is 5.69 Å². The molecule has 1 aliphatic rings. The standard InChI is InChI=1S/C26H23ClN2O5/c27-22-4-1-2-5-23(22)34-21-13-11-20(12-14-21)28-24(30)17-33-26(32)19-9-7-18(8-10-19)16-29-15-3-6-25(29)31/h1-2,4-5,7-14H,3,6,15-17H2,(H,28,30). The zero-order chi connectivity index (χ0) is 23.9. The van der Waals surface area contributed by atoms with E-state index in [1.54, 1.807) is 65.6 Å². The predicted octanol–water partition coefficient (Wildman–Crippen LogP) is 5.05. The predicted molar refractivity (Wildman–Crippen MR) is 128 cm³/mol. The molecule has 3 aromatic rings. The Labute approximate surface area is 202 Å². The molecule has 0 atom stereocenters. The maximum absolute atomic E-state index is 12.3. The van der Waals surface area contributed by atoms with E-state index in [1.165, 1.54) is 0 Å². The van der Waals surface area contributed by atoms with Crippen molar-refractivity contribution in [1.29, 1.82) is 0 Å². The maximum Gasteiger partial charge on any atom is 0.338 e. The van der Waals surface area contributed by atoms with E-state index in [1.807, 2.05) is 12.1 Å². The molecule has 1 heterocycles. The summed E-state index contributed by atoms with van der Waals surface area (Å²) in [7, 11) is 0. The van der Waals surface area contributed by atoms with E-state index in [0.29, 0.717) is 40.7 Å². The number of carbonyl (C=O) groups is 3. The fraction of sp³-hybridized carbons (Fsp3) is 0.192. The van der Waals surface area contributed by atoms with Crippen molar-refractivity contribution in [1.82, 2.24) is 4.90 Å². The van der Waals surface area contributed by atoms with Crippen LogP contribution in [-0.4, -0.2) is 35.8 Å². The van der Waals surface area contributed by atoms with Gasteiger partial charge in [0.25, 0.3) is 5.91 Å². The Balaban J connectivity index is 1.23. The van der Waals surface area contributed by atoms with Gasteiger partial charge in [0, 0.05) is 25.2 Å². The Bertz CT molecular complexity index is 1180. The second kappa shape index (κ2) is 10.9. The van der Waals surface area contributed by atoms with Gasteiger partial charge in [0.15, 0.2) is 6.61 Å². The average Bonchev–Trinajstić information content (AvgIpc) is 3.25. The van der Waals surface area contributed by atoms with Crippen molar-refractivity contribution in [3.05, 3.63) is 88.9 Å². The van der Waals surface area contributed by atoms with Crippen molar-refractivity contribution in [2.45, 2.75) is 19.4 Å². The normalized spacial score (nSPS) is 13.0. The van der Waals surface area contributed by atoms with Gasteiger partial charge >= 0.3 is 5.97 Å². The first-order valence-electron chi connectivity index (χ1n) is 10.8. The Kier molecular flexibility index (Phi) is 7.44. The number of amides is 2. The van der Waals surface area contributed by atoms with E-state index >= 15 is 0 Å². The van der Waals surface area contributed by atoms with Gasteiger partial charge in [0.2, 0.25) is 5.91 Å². The lowest BCUT2D eigenvalue weighted by Gasteiger charge is -2.15. The Morgan fingerprint density at radius 1 is 0.971 bits per heavy atom. The minimum Gasteiger partial charge on any atom is -0.456 e. The highest BCUT2D eigenvalue weighted by atomic mass is 35.5. The van der Waals surface area contributed by atoms with Gasteiger partial charge in [-0.3, -0.25) is 9.59 Å². The highest BCUT2D eigenvalue weighted by Crippen LogP contribution is 2.29. The number of nitrogens with zero attached hydrogens (tertiary/aromatic N) is 1. The van der Waals surface area contributed by atoms with E-state index in [9.17, 15) is 14.4 Å². The van der Waals surface area contributed by atoms with Crippen LogP contribution in [0.1, 0.15) is 28.8 Å². The van der Waals surface area contributed by atoms with Crippen molar-refractivity contribution in [2.24, 2.45) is 0 Å². The number of likely N-dealkylation sites (tertiary alicyclic amines) is 1. The molecule has 1 N–H and O–H groups in total. The van der Waals surface area contributed by atoms with Crippen LogP contribution in [0.3, 0.4) is 0 Å². The van der Waals surface area contributed by atoms with Crippen LogP contribution in [0.25, 0.3) is 0 Å². The van der Waals surface area contributed by atoms with Crippen molar-refractivity contribution in [3.8, 4) is 11.5 Å². The molecule has 1 fully saturated rings. The topological polar surface area (TPSA) is 84.9 Å². The molecule has 3 aromatic carbocycles. The summed E-state index contributed by atoms with van der Waals surface area (Å²) in [6, 6.07) is 20.7. The second-order valence-electron chi connectivity index (χ2n) is 7.80. The molecule has 8 heteroatoms. The molecule has 2 amide bonds. The number of para-hydroxylation sites is 1. The van der Waals surface area contributed by atoms with Crippen LogP contribution >= 0.6 is 11.6 Å². The number of carbonyl (C=O) groups excluding carboxylic acids is 3. The fourth-order valence-electron chi connectivity index (χ4n) is 3.51. The first-order valence-corrected chi connectivity index (χ1v) is 11.2. The summed E-state index contributed by atoms with van der Waals surface area (Å²) < 4.78 is 10.8. The van der Waals surface area contributed by atoms with Gasteiger partial charge in [-0.15, -0.1) is 0 Å². The number of ether oxygens (including phenoxy) is 2. The van der Waals surface area contributed by atoms with Gasteiger partial charge in [0.1, 0.15) is 11.5 Å². The number of hydrogen-bond donors (Lipinski definition) is 1. The highest BCUT2D eigenvalue weighted by Gasteiger charge is 2.20. The van der Waals surface area contributed by atoms with E-state index in [2.05, 4.69) is 5.32 Å². The van der Waals surface area contributed by atoms with Gasteiger partial charge < -0.3 is 19.7 Å². The van der Waals surface area contributed by atoms with Gasteiger partial charge in [-0.05, 0) is 60.5 Å².